The number of rotatable bonds is 8. The minimum Gasteiger partial charge on any atom is -0.308 e. The van der Waals surface area contributed by atoms with Crippen LogP contribution in [0.2, 0.25) is 10.0 Å². The number of nitrogens with zero attached hydrogens (tertiary/aromatic N) is 3. The van der Waals surface area contributed by atoms with Gasteiger partial charge in [0.05, 0.1) is 17.3 Å². The molecular weight excluding hydrogens is 572 g/mol. The summed E-state index contributed by atoms with van der Waals surface area (Å²) in [6, 6.07) is 13.3. The minimum atomic E-state index is -1.19. The van der Waals surface area contributed by atoms with Crippen molar-refractivity contribution in [2.45, 2.75) is 38.6 Å². The Morgan fingerprint density at radius 1 is 1.12 bits per heavy atom. The van der Waals surface area contributed by atoms with Gasteiger partial charge in [-0.15, -0.1) is 0 Å². The number of alkyl halides is 1. The van der Waals surface area contributed by atoms with E-state index in [-0.39, 0.29) is 11.8 Å². The normalized spacial score (nSPS) is 20.2. The molecule has 8 heteroatoms. The molecule has 3 rings (SSSR count). The van der Waals surface area contributed by atoms with Crippen LogP contribution in [0, 0.1) is 23.2 Å². The summed E-state index contributed by atoms with van der Waals surface area (Å²) < 4.78 is 1.02. The van der Waals surface area contributed by atoms with E-state index in [1.807, 2.05) is 0 Å². The van der Waals surface area contributed by atoms with Crippen LogP contribution in [0.5, 0.6) is 0 Å². The van der Waals surface area contributed by atoms with E-state index in [4.69, 9.17) is 23.2 Å². The molecule has 2 aromatic rings. The highest BCUT2D eigenvalue weighted by Gasteiger charge is 2.57. The number of anilines is 1. The third-order valence-electron chi connectivity index (χ3n) is 6.37. The molecular formula is C25H26Cl2IN3O2. The molecule has 2 aromatic carbocycles. The van der Waals surface area contributed by atoms with E-state index < -0.39 is 11.6 Å². The van der Waals surface area contributed by atoms with Crippen molar-refractivity contribution in [2.24, 2.45) is 11.8 Å². The topological polar surface area (TPSA) is 64.4 Å². The average Bonchev–Trinajstić information content (AvgIpc) is 2.98. The monoisotopic (exact) mass is 597 g/mol. The molecule has 3 atom stereocenters. The van der Waals surface area contributed by atoms with Gasteiger partial charge in [0.2, 0.25) is 0 Å². The summed E-state index contributed by atoms with van der Waals surface area (Å²) in [6.45, 7) is 4.32. The number of carbonyl (C=O) groups is 2. The predicted octanol–water partition coefficient (Wildman–Crippen LogP) is 7.04. The van der Waals surface area contributed by atoms with Gasteiger partial charge in [0, 0.05) is 21.5 Å². The number of hydrogen-bond donors (Lipinski definition) is 0. The fourth-order valence-electron chi connectivity index (χ4n) is 4.55. The van der Waals surface area contributed by atoms with Crippen LogP contribution in [0.25, 0.3) is 0 Å². The number of imide groups is 1. The van der Waals surface area contributed by atoms with Crippen LogP contribution in [0.4, 0.5) is 10.5 Å². The van der Waals surface area contributed by atoms with Gasteiger partial charge in [0.15, 0.2) is 0 Å². The van der Waals surface area contributed by atoms with Gasteiger partial charge in [-0.1, -0.05) is 78.2 Å². The van der Waals surface area contributed by atoms with E-state index in [0.717, 1.165) is 17.3 Å². The van der Waals surface area contributed by atoms with Crippen LogP contribution in [0.1, 0.15) is 44.2 Å². The lowest BCUT2D eigenvalue weighted by atomic mass is 9.76. The molecule has 1 aliphatic heterocycles. The quantitative estimate of drug-likeness (QED) is 0.186. The number of benzene rings is 2. The van der Waals surface area contributed by atoms with Crippen LogP contribution in [0.15, 0.2) is 42.5 Å². The molecule has 2 unspecified atom stereocenters. The molecule has 1 fully saturated rings. The summed E-state index contributed by atoms with van der Waals surface area (Å²) in [4.78, 5) is 30.3. The second-order valence-electron chi connectivity index (χ2n) is 8.63. The molecule has 3 amide bonds. The van der Waals surface area contributed by atoms with E-state index in [9.17, 15) is 14.9 Å². The smallest absolute Gasteiger partial charge is 0.308 e. The van der Waals surface area contributed by atoms with Gasteiger partial charge in [0.1, 0.15) is 5.54 Å². The Morgan fingerprint density at radius 2 is 1.73 bits per heavy atom. The third kappa shape index (κ3) is 5.01. The summed E-state index contributed by atoms with van der Waals surface area (Å²) in [5.41, 5.74) is 0.348. The van der Waals surface area contributed by atoms with Gasteiger partial charge in [-0.2, -0.15) is 5.26 Å². The first-order valence-corrected chi connectivity index (χ1v) is 13.1. The largest absolute Gasteiger partial charge is 0.332 e. The first-order chi connectivity index (χ1) is 15.7. The van der Waals surface area contributed by atoms with Crippen LogP contribution < -0.4 is 4.90 Å². The predicted molar refractivity (Wildman–Crippen MR) is 141 cm³/mol. The van der Waals surface area contributed by atoms with Crippen molar-refractivity contribution >= 4 is 63.4 Å². The fraction of sp³-hybridized carbons (Fsp3) is 0.400. The lowest BCUT2D eigenvalue weighted by Crippen LogP contribution is -2.46. The zero-order valence-corrected chi connectivity index (χ0v) is 22.5. The molecule has 1 heterocycles. The SMILES string of the molecule is CCC(CC(C)CI)C[C@@]1(c2ccc(C#N)cc2)C(=O)N(c2cc(Cl)cc(Cl)c2)C(=O)N1C. The summed E-state index contributed by atoms with van der Waals surface area (Å²) in [7, 11) is 1.67. The first kappa shape index (κ1) is 25.8. The molecule has 5 nitrogen and oxygen atoms in total. The standard InChI is InChI=1S/C25H26Cl2IN3O2/c1-4-17(9-16(2)14-28)13-25(19-7-5-18(15-29)6-8-19)23(32)31(24(33)30(25)3)22-11-20(26)10-21(27)12-22/h5-8,10-12,16-17H,4,9,13-14H2,1-3H3/t16?,17?,25-/m1/s1. The molecule has 0 bridgehead atoms. The van der Waals surface area contributed by atoms with Crippen molar-refractivity contribution in [1.82, 2.24) is 4.90 Å². The van der Waals surface area contributed by atoms with Crippen molar-refractivity contribution in [2.75, 3.05) is 16.4 Å². The van der Waals surface area contributed by atoms with Crippen molar-refractivity contribution in [3.63, 3.8) is 0 Å². The van der Waals surface area contributed by atoms with Crippen molar-refractivity contribution in [3.05, 3.63) is 63.6 Å². The first-order valence-electron chi connectivity index (χ1n) is 10.8. The van der Waals surface area contributed by atoms with Gasteiger partial charge in [-0.25, -0.2) is 9.69 Å². The summed E-state index contributed by atoms with van der Waals surface area (Å²) in [6.07, 6.45) is 2.33. The number of likely N-dealkylation sites (N-methyl/N-ethyl adjacent to an activating group) is 1. The summed E-state index contributed by atoms with van der Waals surface area (Å²) in [5, 5.41) is 9.93. The maximum atomic E-state index is 14.1. The molecule has 0 spiro atoms. The lowest BCUT2D eigenvalue weighted by molar-refractivity contribution is -0.126. The molecule has 0 N–H and O–H groups in total. The van der Waals surface area contributed by atoms with Crippen LogP contribution >= 0.6 is 45.8 Å². The van der Waals surface area contributed by atoms with Gasteiger partial charge in [-0.05, 0) is 60.6 Å². The van der Waals surface area contributed by atoms with E-state index in [1.165, 1.54) is 9.80 Å². The second-order valence-corrected chi connectivity index (χ2v) is 10.4. The van der Waals surface area contributed by atoms with Gasteiger partial charge < -0.3 is 4.90 Å². The molecule has 0 saturated carbocycles. The molecule has 33 heavy (non-hydrogen) atoms. The highest BCUT2D eigenvalue weighted by molar-refractivity contribution is 14.1. The minimum absolute atomic E-state index is 0.229. The number of carbonyl (C=O) groups excluding carboxylic acids is 2. The number of urea groups is 1. The Labute approximate surface area is 218 Å². The number of hydrogen-bond acceptors (Lipinski definition) is 3. The van der Waals surface area contributed by atoms with E-state index in [0.29, 0.717) is 39.2 Å². The Bertz CT molecular complexity index is 1070. The Morgan fingerprint density at radius 3 is 2.24 bits per heavy atom. The third-order valence-corrected chi connectivity index (χ3v) is 8.31. The Balaban J connectivity index is 2.15. The highest BCUT2D eigenvalue weighted by atomic mass is 127. The van der Waals surface area contributed by atoms with E-state index >= 15 is 0 Å². The second kappa shape index (κ2) is 10.6. The molecule has 0 radical (unpaired) electrons. The summed E-state index contributed by atoms with van der Waals surface area (Å²) in [5.74, 6) is 0.389. The molecule has 1 aliphatic rings. The summed E-state index contributed by atoms with van der Waals surface area (Å²) >= 11 is 14.8. The maximum Gasteiger partial charge on any atom is 0.332 e. The van der Waals surface area contributed by atoms with Crippen LogP contribution in [-0.4, -0.2) is 28.3 Å². The molecule has 1 saturated heterocycles. The number of halogens is 3. The number of amides is 3. The Hall–Kier alpha value is -1.82. The van der Waals surface area contributed by atoms with Crippen molar-refractivity contribution in [1.29, 1.82) is 5.26 Å². The molecule has 174 valence electrons. The Kier molecular flexibility index (Phi) is 8.31. The van der Waals surface area contributed by atoms with E-state index in [1.54, 1.807) is 49.5 Å². The fourth-order valence-corrected chi connectivity index (χ4v) is 5.42. The maximum absolute atomic E-state index is 14.1. The lowest BCUT2D eigenvalue weighted by Gasteiger charge is -2.36. The molecule has 0 aliphatic carbocycles. The van der Waals surface area contributed by atoms with Crippen molar-refractivity contribution in [3.8, 4) is 6.07 Å². The van der Waals surface area contributed by atoms with Crippen LogP contribution in [-0.2, 0) is 10.3 Å². The molecule has 0 aromatic heterocycles. The highest BCUT2D eigenvalue weighted by Crippen LogP contribution is 2.45. The van der Waals surface area contributed by atoms with Crippen molar-refractivity contribution < 1.29 is 9.59 Å². The zero-order valence-electron chi connectivity index (χ0n) is 18.8. The average molecular weight is 598 g/mol. The van der Waals surface area contributed by atoms with Gasteiger partial charge in [0.25, 0.3) is 5.91 Å². The van der Waals surface area contributed by atoms with Gasteiger partial charge in [-0.3, -0.25) is 4.79 Å². The van der Waals surface area contributed by atoms with E-state index in [2.05, 4.69) is 42.5 Å². The van der Waals surface area contributed by atoms with Gasteiger partial charge >= 0.3 is 6.03 Å². The zero-order chi connectivity index (χ0) is 24.3. The van der Waals surface area contributed by atoms with Crippen LogP contribution in [0.3, 0.4) is 0 Å². The number of nitriles is 1.